The Balaban J connectivity index is 1.56. The summed E-state index contributed by atoms with van der Waals surface area (Å²) in [6.45, 7) is 14.5. The molecular formula is C34H53N3O7. The van der Waals surface area contributed by atoms with Gasteiger partial charge in [0.2, 0.25) is 11.8 Å². The number of methoxy groups -OCH3 is 1. The number of anilines is 1. The predicted octanol–water partition coefficient (Wildman–Crippen LogP) is 5.10. The van der Waals surface area contributed by atoms with E-state index in [9.17, 15) is 14.4 Å². The van der Waals surface area contributed by atoms with Gasteiger partial charge in [-0.1, -0.05) is 6.07 Å². The first kappa shape index (κ1) is 34.0. The normalized spacial score (nSPS) is 21.5. The highest BCUT2D eigenvalue weighted by atomic mass is 16.6. The van der Waals surface area contributed by atoms with Crippen LogP contribution in [-0.2, 0) is 23.8 Å². The van der Waals surface area contributed by atoms with Gasteiger partial charge >= 0.3 is 6.09 Å². The third-order valence-electron chi connectivity index (χ3n) is 8.86. The van der Waals surface area contributed by atoms with Crippen LogP contribution in [-0.4, -0.2) is 86.6 Å². The van der Waals surface area contributed by atoms with E-state index in [1.807, 2.05) is 50.8 Å². The van der Waals surface area contributed by atoms with Gasteiger partial charge in [-0.2, -0.15) is 0 Å². The zero-order valence-electron chi connectivity index (χ0n) is 27.8. The van der Waals surface area contributed by atoms with E-state index in [4.69, 9.17) is 18.9 Å². The summed E-state index contributed by atoms with van der Waals surface area (Å²) < 4.78 is 22.4. The molecule has 44 heavy (non-hydrogen) atoms. The van der Waals surface area contributed by atoms with E-state index in [0.717, 1.165) is 49.1 Å². The number of likely N-dealkylation sites (tertiary alicyclic amines) is 1. The summed E-state index contributed by atoms with van der Waals surface area (Å²) in [6, 6.07) is 5.96. The van der Waals surface area contributed by atoms with Crippen molar-refractivity contribution in [3.05, 3.63) is 23.8 Å². The number of nitrogens with one attached hydrogen (secondary N) is 1. The largest absolute Gasteiger partial charge is 0.493 e. The molecule has 1 N–H and O–H groups in total. The summed E-state index contributed by atoms with van der Waals surface area (Å²) in [4.78, 5) is 44.9. The summed E-state index contributed by atoms with van der Waals surface area (Å²) in [7, 11) is 1.67. The molecule has 3 aliphatic rings. The Bertz CT molecular complexity index is 1150. The molecular weight excluding hydrogens is 562 g/mol. The molecule has 0 aromatic heterocycles. The molecule has 1 aromatic rings. The molecule has 10 nitrogen and oxygen atoms in total. The van der Waals surface area contributed by atoms with Gasteiger partial charge in [-0.3, -0.25) is 9.59 Å². The molecule has 0 bridgehead atoms. The van der Waals surface area contributed by atoms with Gasteiger partial charge in [0.1, 0.15) is 11.4 Å². The molecule has 2 aliphatic heterocycles. The average Bonchev–Trinajstić information content (AvgIpc) is 3.81. The standard InChI is InChI=1S/C34H53N3O7/c1-23-9-10-28(20-29(23)43-16-8-15-41-7)37(27-11-12-27)31(39)25-19-24(21-36(22-25)32(40)44-33(2,3)4)30(38)35-34(5,6)26-13-17-42-18-14-26/h9-10,20,24-27H,8,11-19,21-22H2,1-7H3,(H,35,38)/t24-,25+/m0/s1. The van der Waals surface area contributed by atoms with Crippen molar-refractivity contribution < 1.29 is 33.3 Å². The van der Waals surface area contributed by atoms with Gasteiger partial charge in [-0.25, -0.2) is 4.79 Å². The van der Waals surface area contributed by atoms with Crippen molar-refractivity contribution in [3.8, 4) is 5.75 Å². The molecule has 1 aromatic carbocycles. The zero-order valence-corrected chi connectivity index (χ0v) is 27.8. The number of carbonyl (C=O) groups is 3. The summed E-state index contributed by atoms with van der Waals surface area (Å²) in [5.74, 6) is -0.261. The van der Waals surface area contributed by atoms with E-state index < -0.39 is 29.1 Å². The van der Waals surface area contributed by atoms with Crippen molar-refractivity contribution in [1.82, 2.24) is 10.2 Å². The van der Waals surface area contributed by atoms with Crippen LogP contribution in [0.15, 0.2) is 18.2 Å². The lowest BCUT2D eigenvalue weighted by molar-refractivity contribution is -0.132. The van der Waals surface area contributed by atoms with E-state index in [2.05, 4.69) is 19.2 Å². The second kappa shape index (κ2) is 14.5. The first-order chi connectivity index (χ1) is 20.8. The minimum Gasteiger partial charge on any atom is -0.493 e. The number of hydrogen-bond acceptors (Lipinski definition) is 7. The van der Waals surface area contributed by atoms with E-state index >= 15 is 0 Å². The van der Waals surface area contributed by atoms with Gasteiger partial charge in [0.25, 0.3) is 0 Å². The first-order valence-corrected chi connectivity index (χ1v) is 16.2. The molecule has 0 unspecified atom stereocenters. The fourth-order valence-electron chi connectivity index (χ4n) is 6.21. The molecule has 2 saturated heterocycles. The number of amides is 3. The van der Waals surface area contributed by atoms with E-state index in [0.29, 0.717) is 38.8 Å². The maximum absolute atomic E-state index is 14.4. The highest BCUT2D eigenvalue weighted by Crippen LogP contribution is 2.38. The van der Waals surface area contributed by atoms with Crippen LogP contribution in [0.25, 0.3) is 0 Å². The smallest absolute Gasteiger partial charge is 0.410 e. The number of hydrogen-bond donors (Lipinski definition) is 1. The van der Waals surface area contributed by atoms with E-state index in [1.165, 1.54) is 0 Å². The summed E-state index contributed by atoms with van der Waals surface area (Å²) in [5, 5.41) is 3.28. The van der Waals surface area contributed by atoms with Crippen LogP contribution < -0.4 is 15.0 Å². The topological polar surface area (TPSA) is 107 Å². The average molecular weight is 616 g/mol. The zero-order chi connectivity index (χ0) is 32.1. The summed E-state index contributed by atoms with van der Waals surface area (Å²) in [6.07, 6.45) is 4.22. The Hall–Kier alpha value is -2.85. The molecule has 1 aliphatic carbocycles. The van der Waals surface area contributed by atoms with Gasteiger partial charge in [-0.05, 0) is 91.2 Å². The van der Waals surface area contributed by atoms with Crippen LogP contribution in [0.2, 0.25) is 0 Å². The lowest BCUT2D eigenvalue weighted by Crippen LogP contribution is -2.57. The maximum Gasteiger partial charge on any atom is 0.410 e. The molecule has 246 valence electrons. The van der Waals surface area contributed by atoms with Crippen LogP contribution in [0.5, 0.6) is 5.75 Å². The molecule has 2 heterocycles. The van der Waals surface area contributed by atoms with Crippen molar-refractivity contribution in [2.24, 2.45) is 17.8 Å². The molecule has 0 spiro atoms. The fourth-order valence-corrected chi connectivity index (χ4v) is 6.21. The Morgan fingerprint density at radius 3 is 2.32 bits per heavy atom. The van der Waals surface area contributed by atoms with Crippen LogP contribution in [0.4, 0.5) is 10.5 Å². The number of carbonyl (C=O) groups excluding carboxylic acids is 3. The predicted molar refractivity (Wildman–Crippen MR) is 169 cm³/mol. The summed E-state index contributed by atoms with van der Waals surface area (Å²) in [5.41, 5.74) is 0.641. The van der Waals surface area contributed by atoms with Crippen LogP contribution in [0, 0.1) is 24.7 Å². The molecule has 4 rings (SSSR count). The van der Waals surface area contributed by atoms with Gasteiger partial charge in [-0.15, -0.1) is 0 Å². The number of ether oxygens (including phenoxy) is 4. The van der Waals surface area contributed by atoms with E-state index in [-0.39, 0.29) is 30.9 Å². The summed E-state index contributed by atoms with van der Waals surface area (Å²) >= 11 is 0. The van der Waals surface area contributed by atoms with E-state index in [1.54, 1.807) is 12.0 Å². The number of rotatable bonds is 11. The van der Waals surface area contributed by atoms with Crippen molar-refractivity contribution in [2.75, 3.05) is 51.5 Å². The van der Waals surface area contributed by atoms with Crippen molar-refractivity contribution >= 4 is 23.6 Å². The quantitative estimate of drug-likeness (QED) is 0.345. The molecule has 10 heteroatoms. The van der Waals surface area contributed by atoms with Gasteiger partial charge < -0.3 is 34.1 Å². The SMILES string of the molecule is COCCCOc1cc(N(C(=O)[C@@H]2C[C@H](C(=O)NC(C)(C)C3CCOCC3)CN(C(=O)OC(C)(C)C)C2)C2CC2)ccc1C. The molecule has 0 radical (unpaired) electrons. The lowest BCUT2D eigenvalue weighted by Gasteiger charge is -2.42. The number of piperidine rings is 1. The Morgan fingerprint density at radius 2 is 1.68 bits per heavy atom. The first-order valence-electron chi connectivity index (χ1n) is 16.2. The highest BCUT2D eigenvalue weighted by Gasteiger charge is 2.44. The minimum atomic E-state index is -0.696. The molecule has 1 saturated carbocycles. The van der Waals surface area contributed by atoms with Crippen LogP contribution in [0.1, 0.15) is 78.7 Å². The highest BCUT2D eigenvalue weighted by molar-refractivity contribution is 5.97. The molecule has 2 atom stereocenters. The Kier molecular flexibility index (Phi) is 11.2. The fraction of sp³-hybridized carbons (Fsp3) is 0.735. The molecule has 3 amide bonds. The lowest BCUT2D eigenvalue weighted by atomic mass is 9.80. The number of aryl methyl sites for hydroxylation is 1. The second-order valence-electron chi connectivity index (χ2n) is 14.2. The third kappa shape index (κ3) is 9.10. The Labute approximate surface area is 263 Å². The Morgan fingerprint density at radius 1 is 1.00 bits per heavy atom. The van der Waals surface area contributed by atoms with Crippen molar-refractivity contribution in [3.63, 3.8) is 0 Å². The van der Waals surface area contributed by atoms with Crippen LogP contribution in [0.3, 0.4) is 0 Å². The van der Waals surface area contributed by atoms with Crippen LogP contribution >= 0.6 is 0 Å². The minimum absolute atomic E-state index is 0.0727. The number of benzene rings is 1. The second-order valence-corrected chi connectivity index (χ2v) is 14.2. The van der Waals surface area contributed by atoms with Gasteiger partial charge in [0.15, 0.2) is 0 Å². The maximum atomic E-state index is 14.4. The van der Waals surface area contributed by atoms with Gasteiger partial charge in [0, 0.05) is 69.8 Å². The van der Waals surface area contributed by atoms with Gasteiger partial charge in [0.05, 0.1) is 18.4 Å². The van der Waals surface area contributed by atoms with Crippen molar-refractivity contribution in [2.45, 2.75) is 97.2 Å². The van der Waals surface area contributed by atoms with Crippen molar-refractivity contribution in [1.29, 1.82) is 0 Å². The monoisotopic (exact) mass is 615 g/mol. The molecule has 3 fully saturated rings. The number of nitrogens with zero attached hydrogens (tertiary/aromatic N) is 2. The third-order valence-corrected chi connectivity index (χ3v) is 8.86.